The van der Waals surface area contributed by atoms with Crippen molar-refractivity contribution in [3.05, 3.63) is 47.0 Å². The molecule has 0 saturated heterocycles. The number of benzene rings is 1. The van der Waals surface area contributed by atoms with Gasteiger partial charge in [0.05, 0.1) is 0 Å². The Hall–Kier alpha value is -2.01. The molecule has 0 fully saturated rings. The summed E-state index contributed by atoms with van der Waals surface area (Å²) in [5, 5.41) is 10.5. The Morgan fingerprint density at radius 1 is 1.35 bits per heavy atom. The highest BCUT2D eigenvalue weighted by molar-refractivity contribution is 7.13. The van der Waals surface area contributed by atoms with Crippen LogP contribution in [0.4, 0.5) is 5.13 Å². The molecule has 1 aromatic carbocycles. The molecular formula is C12H11N3OS. The predicted molar refractivity (Wildman–Crippen MR) is 68.8 cm³/mol. The monoisotopic (exact) mass is 245 g/mol. The molecule has 4 nitrogen and oxygen atoms in total. The van der Waals surface area contributed by atoms with Crippen LogP contribution in [0.5, 0.6) is 0 Å². The van der Waals surface area contributed by atoms with Crippen molar-refractivity contribution in [1.29, 1.82) is 0 Å². The lowest BCUT2D eigenvalue weighted by atomic mass is 10.1. The molecule has 0 aliphatic rings. The summed E-state index contributed by atoms with van der Waals surface area (Å²) in [4.78, 5) is 11.5. The number of anilines is 1. The van der Waals surface area contributed by atoms with Crippen molar-refractivity contribution in [2.75, 3.05) is 5.32 Å². The highest BCUT2D eigenvalue weighted by Crippen LogP contribution is 2.08. The van der Waals surface area contributed by atoms with Gasteiger partial charge in [0.25, 0.3) is 0 Å². The van der Waals surface area contributed by atoms with Crippen LogP contribution in [0.1, 0.15) is 11.1 Å². The summed E-state index contributed by atoms with van der Waals surface area (Å²) in [6.45, 7) is 2.02. The molecule has 0 bridgehead atoms. The average molecular weight is 245 g/mol. The van der Waals surface area contributed by atoms with E-state index in [1.54, 1.807) is 11.6 Å². The molecule has 86 valence electrons. The number of nitrogens with one attached hydrogen (secondary N) is 1. The highest BCUT2D eigenvalue weighted by Gasteiger charge is 1.99. The minimum atomic E-state index is -0.206. The number of hydrogen-bond donors (Lipinski definition) is 1. The predicted octanol–water partition coefficient (Wildman–Crippen LogP) is 2.50. The molecule has 0 atom stereocenters. The first-order valence-electron chi connectivity index (χ1n) is 5.06. The van der Waals surface area contributed by atoms with Crippen molar-refractivity contribution in [3.63, 3.8) is 0 Å². The molecular weight excluding hydrogens is 234 g/mol. The number of nitrogens with zero attached hydrogens (tertiary/aromatic N) is 2. The summed E-state index contributed by atoms with van der Waals surface area (Å²) in [5.41, 5.74) is 3.75. The van der Waals surface area contributed by atoms with E-state index in [0.29, 0.717) is 5.13 Å². The molecule has 2 rings (SSSR count). The van der Waals surface area contributed by atoms with E-state index in [4.69, 9.17) is 0 Å². The van der Waals surface area contributed by atoms with Crippen LogP contribution in [0.2, 0.25) is 0 Å². The van der Waals surface area contributed by atoms with Crippen LogP contribution in [0.15, 0.2) is 35.9 Å². The summed E-state index contributed by atoms with van der Waals surface area (Å²) in [6.07, 6.45) is 3.24. The first-order valence-corrected chi connectivity index (χ1v) is 5.94. The lowest BCUT2D eigenvalue weighted by Crippen LogP contribution is -2.07. The smallest absolute Gasteiger partial charge is 0.250 e. The topological polar surface area (TPSA) is 54.9 Å². The molecule has 1 amide bonds. The van der Waals surface area contributed by atoms with Crippen LogP contribution < -0.4 is 5.32 Å². The fraction of sp³-hybridized carbons (Fsp3) is 0.0833. The Morgan fingerprint density at radius 3 is 2.76 bits per heavy atom. The molecule has 0 unspecified atom stereocenters. The zero-order valence-electron chi connectivity index (χ0n) is 9.25. The maximum atomic E-state index is 11.5. The Morgan fingerprint density at radius 2 is 2.12 bits per heavy atom. The molecule has 2 aromatic rings. The highest BCUT2D eigenvalue weighted by atomic mass is 32.1. The van der Waals surface area contributed by atoms with Crippen LogP contribution in [0, 0.1) is 6.92 Å². The third-order valence-corrected chi connectivity index (χ3v) is 2.70. The molecule has 0 radical (unpaired) electrons. The van der Waals surface area contributed by atoms with Gasteiger partial charge in [0.1, 0.15) is 5.51 Å². The Labute approximate surface area is 103 Å². The van der Waals surface area contributed by atoms with Crippen LogP contribution in [0.25, 0.3) is 6.08 Å². The number of hydrogen-bond acceptors (Lipinski definition) is 4. The van der Waals surface area contributed by atoms with Gasteiger partial charge >= 0.3 is 0 Å². The van der Waals surface area contributed by atoms with E-state index >= 15 is 0 Å². The van der Waals surface area contributed by atoms with E-state index in [-0.39, 0.29) is 5.91 Å². The largest absolute Gasteiger partial charge is 0.297 e. The zero-order chi connectivity index (χ0) is 12.1. The Balaban J connectivity index is 1.96. The summed E-state index contributed by atoms with van der Waals surface area (Å²) in [7, 11) is 0. The van der Waals surface area contributed by atoms with Crippen molar-refractivity contribution in [3.8, 4) is 0 Å². The van der Waals surface area contributed by atoms with Gasteiger partial charge in [-0.2, -0.15) is 0 Å². The van der Waals surface area contributed by atoms with Crippen LogP contribution in [0.3, 0.4) is 0 Å². The van der Waals surface area contributed by atoms with E-state index in [9.17, 15) is 4.79 Å². The summed E-state index contributed by atoms with van der Waals surface area (Å²) < 4.78 is 0. The van der Waals surface area contributed by atoms with Crippen LogP contribution in [-0.2, 0) is 4.79 Å². The van der Waals surface area contributed by atoms with E-state index in [2.05, 4.69) is 15.5 Å². The molecule has 5 heteroatoms. The number of carbonyl (C=O) groups excluding carboxylic acids is 1. The molecule has 0 spiro atoms. The molecule has 0 aliphatic carbocycles. The number of aromatic nitrogens is 2. The van der Waals surface area contributed by atoms with Crippen molar-refractivity contribution in [1.82, 2.24) is 10.2 Å². The van der Waals surface area contributed by atoms with E-state index in [0.717, 1.165) is 5.56 Å². The molecule has 1 aromatic heterocycles. The van der Waals surface area contributed by atoms with Crippen molar-refractivity contribution in [2.24, 2.45) is 0 Å². The van der Waals surface area contributed by atoms with Crippen molar-refractivity contribution < 1.29 is 4.79 Å². The second-order valence-electron chi connectivity index (χ2n) is 3.48. The number of amides is 1. The van der Waals surface area contributed by atoms with Gasteiger partial charge in [0, 0.05) is 6.08 Å². The molecule has 1 heterocycles. The fourth-order valence-corrected chi connectivity index (χ4v) is 1.67. The van der Waals surface area contributed by atoms with Crippen LogP contribution >= 0.6 is 11.3 Å². The lowest BCUT2D eigenvalue weighted by Gasteiger charge is -1.96. The minimum absolute atomic E-state index is 0.206. The normalized spacial score (nSPS) is 10.6. The number of rotatable bonds is 3. The van der Waals surface area contributed by atoms with Crippen molar-refractivity contribution in [2.45, 2.75) is 6.92 Å². The van der Waals surface area contributed by atoms with Gasteiger partial charge in [-0.1, -0.05) is 41.2 Å². The minimum Gasteiger partial charge on any atom is -0.297 e. The second kappa shape index (κ2) is 5.36. The van der Waals surface area contributed by atoms with E-state index in [1.165, 1.54) is 23.0 Å². The van der Waals surface area contributed by atoms with Gasteiger partial charge in [0.2, 0.25) is 11.0 Å². The first kappa shape index (κ1) is 11.5. The van der Waals surface area contributed by atoms with E-state index in [1.807, 2.05) is 31.2 Å². The molecule has 0 aliphatic heterocycles. The number of carbonyl (C=O) groups is 1. The summed E-state index contributed by atoms with van der Waals surface area (Å²) in [6, 6.07) is 7.93. The van der Waals surface area contributed by atoms with Gasteiger partial charge in [-0.15, -0.1) is 10.2 Å². The average Bonchev–Trinajstić information content (AvgIpc) is 2.81. The fourth-order valence-electron chi connectivity index (χ4n) is 1.22. The van der Waals surface area contributed by atoms with Gasteiger partial charge < -0.3 is 0 Å². The molecule has 17 heavy (non-hydrogen) atoms. The van der Waals surface area contributed by atoms with Gasteiger partial charge in [-0.3, -0.25) is 10.1 Å². The quantitative estimate of drug-likeness (QED) is 0.845. The Kier molecular flexibility index (Phi) is 3.62. The first-order chi connectivity index (χ1) is 8.24. The van der Waals surface area contributed by atoms with Gasteiger partial charge in [-0.05, 0) is 18.6 Å². The summed E-state index contributed by atoms with van der Waals surface area (Å²) >= 11 is 1.29. The number of aryl methyl sites for hydroxylation is 1. The summed E-state index contributed by atoms with van der Waals surface area (Å²) in [5.74, 6) is -0.206. The van der Waals surface area contributed by atoms with Crippen molar-refractivity contribution >= 4 is 28.5 Å². The van der Waals surface area contributed by atoms with Gasteiger partial charge in [0.15, 0.2) is 0 Å². The third-order valence-electron chi connectivity index (χ3n) is 2.09. The second-order valence-corrected chi connectivity index (χ2v) is 4.31. The van der Waals surface area contributed by atoms with Crippen LogP contribution in [-0.4, -0.2) is 16.1 Å². The third kappa shape index (κ3) is 3.49. The zero-order valence-corrected chi connectivity index (χ0v) is 10.1. The maximum Gasteiger partial charge on any atom is 0.250 e. The standard InChI is InChI=1S/C12H11N3OS/c1-9-2-4-10(5-3-9)6-7-11(16)14-12-15-13-8-17-12/h2-8H,1H3,(H,14,15,16)/b7-6+. The molecule has 1 N–H and O–H groups in total. The lowest BCUT2D eigenvalue weighted by molar-refractivity contribution is -0.111. The van der Waals surface area contributed by atoms with E-state index < -0.39 is 0 Å². The maximum absolute atomic E-state index is 11.5. The van der Waals surface area contributed by atoms with Gasteiger partial charge in [-0.25, -0.2) is 0 Å². The molecule has 0 saturated carbocycles. The Bertz CT molecular complexity index is 517. The SMILES string of the molecule is Cc1ccc(/C=C/C(=O)Nc2nncs2)cc1.